The first-order chi connectivity index (χ1) is 11.2. The molecule has 1 aromatic rings. The highest BCUT2D eigenvalue weighted by molar-refractivity contribution is 5.95. The lowest BCUT2D eigenvalue weighted by Crippen LogP contribution is -2.40. The monoisotopic (exact) mass is 330 g/mol. The summed E-state index contributed by atoms with van der Waals surface area (Å²) >= 11 is 0. The Morgan fingerprint density at radius 2 is 1.96 bits per heavy atom. The molecule has 1 aliphatic heterocycles. The molecule has 2 fully saturated rings. The van der Waals surface area contributed by atoms with E-state index < -0.39 is 5.91 Å². The summed E-state index contributed by atoms with van der Waals surface area (Å²) in [5, 5.41) is 0. The van der Waals surface area contributed by atoms with E-state index in [4.69, 9.17) is 10.5 Å². The maximum atomic E-state index is 12.7. The highest BCUT2D eigenvalue weighted by atomic mass is 16.5. The first-order valence-corrected chi connectivity index (χ1v) is 8.50. The second-order valence-electron chi connectivity index (χ2n) is 8.38. The van der Waals surface area contributed by atoms with Crippen molar-refractivity contribution in [1.82, 2.24) is 4.90 Å². The van der Waals surface area contributed by atoms with E-state index in [0.717, 1.165) is 25.8 Å². The zero-order valence-corrected chi connectivity index (χ0v) is 14.7. The molecule has 0 unspecified atom stereocenters. The van der Waals surface area contributed by atoms with Gasteiger partial charge in [0, 0.05) is 12.6 Å². The molecular weight excluding hydrogens is 304 g/mol. The van der Waals surface area contributed by atoms with Crippen molar-refractivity contribution in [3.8, 4) is 5.75 Å². The van der Waals surface area contributed by atoms with E-state index in [2.05, 4.69) is 20.8 Å². The third kappa shape index (κ3) is 3.25. The van der Waals surface area contributed by atoms with Crippen LogP contribution in [0.2, 0.25) is 0 Å². The molecule has 2 amide bonds. The minimum Gasteiger partial charge on any atom is -0.483 e. The number of amides is 2. The van der Waals surface area contributed by atoms with Crippen molar-refractivity contribution in [3.05, 3.63) is 29.8 Å². The summed E-state index contributed by atoms with van der Waals surface area (Å²) in [6.07, 6.45) is 3.25. The van der Waals surface area contributed by atoms with Gasteiger partial charge in [-0.05, 0) is 42.2 Å². The number of rotatable bonds is 4. The van der Waals surface area contributed by atoms with Gasteiger partial charge in [0.25, 0.3) is 11.8 Å². The average molecular weight is 330 g/mol. The Bertz CT molecular complexity index is 670. The molecule has 1 aromatic carbocycles. The molecule has 130 valence electrons. The minimum absolute atomic E-state index is 0.0132. The molecule has 24 heavy (non-hydrogen) atoms. The molecule has 0 aromatic heterocycles. The lowest BCUT2D eigenvalue weighted by molar-refractivity contribution is -0.134. The molecule has 5 heteroatoms. The third-order valence-corrected chi connectivity index (χ3v) is 5.24. The second-order valence-corrected chi connectivity index (χ2v) is 8.38. The number of nitrogens with zero attached hydrogens (tertiary/aromatic N) is 1. The van der Waals surface area contributed by atoms with Crippen LogP contribution < -0.4 is 10.5 Å². The first-order valence-electron chi connectivity index (χ1n) is 8.50. The number of benzene rings is 1. The van der Waals surface area contributed by atoms with E-state index in [1.54, 1.807) is 24.3 Å². The number of para-hydroxylation sites is 1. The Kier molecular flexibility index (Phi) is 4.06. The maximum Gasteiger partial charge on any atom is 0.260 e. The Labute approximate surface area is 143 Å². The lowest BCUT2D eigenvalue weighted by Gasteiger charge is -2.39. The highest BCUT2D eigenvalue weighted by Crippen LogP contribution is 2.52. The van der Waals surface area contributed by atoms with Crippen LogP contribution in [0, 0.1) is 10.8 Å². The maximum absolute atomic E-state index is 12.7. The number of likely N-dealkylation sites (tertiary alicyclic amines) is 1. The molecule has 3 rings (SSSR count). The molecule has 2 aliphatic rings. The largest absolute Gasteiger partial charge is 0.483 e. The summed E-state index contributed by atoms with van der Waals surface area (Å²) in [6, 6.07) is 7.05. The van der Waals surface area contributed by atoms with Crippen molar-refractivity contribution in [2.45, 2.75) is 46.1 Å². The van der Waals surface area contributed by atoms with Gasteiger partial charge >= 0.3 is 0 Å². The van der Waals surface area contributed by atoms with Gasteiger partial charge in [-0.25, -0.2) is 0 Å². The Balaban J connectivity index is 1.68. The fourth-order valence-corrected chi connectivity index (χ4v) is 4.77. The zero-order valence-electron chi connectivity index (χ0n) is 14.7. The smallest absolute Gasteiger partial charge is 0.260 e. The quantitative estimate of drug-likeness (QED) is 0.922. The van der Waals surface area contributed by atoms with E-state index in [1.165, 1.54) is 0 Å². The van der Waals surface area contributed by atoms with Crippen molar-refractivity contribution in [3.63, 3.8) is 0 Å². The van der Waals surface area contributed by atoms with Gasteiger partial charge in [0.1, 0.15) is 5.75 Å². The molecule has 1 saturated carbocycles. The summed E-state index contributed by atoms with van der Waals surface area (Å²) in [5.41, 5.74) is 6.12. The van der Waals surface area contributed by atoms with E-state index >= 15 is 0 Å². The van der Waals surface area contributed by atoms with Crippen molar-refractivity contribution >= 4 is 11.8 Å². The Morgan fingerprint density at radius 1 is 1.25 bits per heavy atom. The Hall–Kier alpha value is -2.04. The Morgan fingerprint density at radius 3 is 2.67 bits per heavy atom. The molecular formula is C19H26N2O3. The number of hydrogen-bond donors (Lipinski definition) is 1. The van der Waals surface area contributed by atoms with Crippen LogP contribution in [0.3, 0.4) is 0 Å². The standard InChI is InChI=1S/C19H26N2O3/c1-18(2)8-13-9-19(3,11-18)12-21(13)16(22)10-24-15-7-5-4-6-14(15)17(20)23/h4-7,13H,8-12H2,1-3H3,(H2,20,23)/t13-,19-/m1/s1. The predicted molar refractivity (Wildman–Crippen MR) is 91.7 cm³/mol. The number of carbonyl (C=O) groups excluding carboxylic acids is 2. The minimum atomic E-state index is -0.552. The van der Waals surface area contributed by atoms with E-state index in [0.29, 0.717) is 17.4 Å². The van der Waals surface area contributed by atoms with Crippen LogP contribution in [0.1, 0.15) is 50.4 Å². The highest BCUT2D eigenvalue weighted by Gasteiger charge is 2.50. The molecule has 5 nitrogen and oxygen atoms in total. The van der Waals surface area contributed by atoms with Crippen LogP contribution >= 0.6 is 0 Å². The summed E-state index contributed by atoms with van der Waals surface area (Å²) in [7, 11) is 0. The molecule has 2 bridgehead atoms. The number of hydrogen-bond acceptors (Lipinski definition) is 3. The molecule has 2 atom stereocenters. The van der Waals surface area contributed by atoms with Crippen LogP contribution in [0.4, 0.5) is 0 Å². The average Bonchev–Trinajstić information content (AvgIpc) is 2.74. The van der Waals surface area contributed by atoms with Crippen LogP contribution in [-0.4, -0.2) is 35.9 Å². The lowest BCUT2D eigenvalue weighted by atomic mass is 9.65. The van der Waals surface area contributed by atoms with Gasteiger partial charge in [-0.1, -0.05) is 32.9 Å². The van der Waals surface area contributed by atoms with Crippen LogP contribution in [0.15, 0.2) is 24.3 Å². The van der Waals surface area contributed by atoms with Crippen molar-refractivity contribution in [2.24, 2.45) is 16.6 Å². The topological polar surface area (TPSA) is 72.6 Å². The van der Waals surface area contributed by atoms with Gasteiger partial charge in [-0.3, -0.25) is 9.59 Å². The number of nitrogens with two attached hydrogens (primary N) is 1. The zero-order chi connectivity index (χ0) is 17.5. The van der Waals surface area contributed by atoms with Gasteiger partial charge in [-0.2, -0.15) is 0 Å². The predicted octanol–water partition coefficient (Wildman–Crippen LogP) is 2.59. The third-order valence-electron chi connectivity index (χ3n) is 5.24. The fourth-order valence-electron chi connectivity index (χ4n) is 4.77. The second kappa shape index (κ2) is 5.80. The van der Waals surface area contributed by atoms with Gasteiger partial charge in [0.2, 0.25) is 0 Å². The van der Waals surface area contributed by atoms with Crippen molar-refractivity contribution < 1.29 is 14.3 Å². The first kappa shape index (κ1) is 16.8. The molecule has 2 N–H and O–H groups in total. The number of carbonyl (C=O) groups is 2. The normalized spacial score (nSPS) is 27.8. The number of fused-ring (bicyclic) bond motifs is 2. The van der Waals surface area contributed by atoms with Gasteiger partial charge in [0.05, 0.1) is 5.56 Å². The summed E-state index contributed by atoms with van der Waals surface area (Å²) in [5.74, 6) is -0.197. The van der Waals surface area contributed by atoms with Gasteiger partial charge in [-0.15, -0.1) is 0 Å². The van der Waals surface area contributed by atoms with E-state index in [9.17, 15) is 9.59 Å². The van der Waals surface area contributed by atoms with Crippen LogP contribution in [-0.2, 0) is 4.79 Å². The molecule has 1 heterocycles. The summed E-state index contributed by atoms with van der Waals surface area (Å²) in [6.45, 7) is 7.57. The number of primary amides is 1. The van der Waals surface area contributed by atoms with E-state index in [1.807, 2.05) is 4.90 Å². The summed E-state index contributed by atoms with van der Waals surface area (Å²) < 4.78 is 5.61. The van der Waals surface area contributed by atoms with Crippen LogP contribution in [0.25, 0.3) is 0 Å². The molecule has 0 spiro atoms. The molecule has 1 saturated heterocycles. The molecule has 0 radical (unpaired) electrons. The fraction of sp³-hybridized carbons (Fsp3) is 0.579. The SMILES string of the molecule is CC1(C)C[C@@H]2C[C@@](C)(CN2C(=O)COc2ccccc2C(N)=O)C1. The van der Waals surface area contributed by atoms with Gasteiger partial charge in [0.15, 0.2) is 6.61 Å². The van der Waals surface area contributed by atoms with Gasteiger partial charge < -0.3 is 15.4 Å². The van der Waals surface area contributed by atoms with Crippen molar-refractivity contribution in [1.29, 1.82) is 0 Å². The van der Waals surface area contributed by atoms with Crippen LogP contribution in [0.5, 0.6) is 5.75 Å². The van der Waals surface area contributed by atoms with E-state index in [-0.39, 0.29) is 23.3 Å². The molecule has 1 aliphatic carbocycles. The van der Waals surface area contributed by atoms with Crippen molar-refractivity contribution in [2.75, 3.05) is 13.2 Å². The summed E-state index contributed by atoms with van der Waals surface area (Å²) in [4.78, 5) is 26.1. The number of ether oxygens (including phenoxy) is 1.